The van der Waals surface area contributed by atoms with Crippen LogP contribution in [0, 0.1) is 29.1 Å². The molecule has 2 N–H and O–H groups in total. The second-order valence-electron chi connectivity index (χ2n) is 3.75. The standard InChI is InChI=1S/C11H10F5N/c1-4(2)3-5(17)6-7(12)9(14)11(16)10(15)8(6)13/h5H,1,3,17H2,2H3/t5-/m1/s1. The first-order valence-corrected chi connectivity index (χ1v) is 4.68. The maximum atomic E-state index is 13.3. The molecule has 0 aliphatic rings. The Morgan fingerprint density at radius 2 is 1.35 bits per heavy atom. The van der Waals surface area contributed by atoms with Gasteiger partial charge in [-0.3, -0.25) is 0 Å². The maximum absolute atomic E-state index is 13.3. The normalized spacial score (nSPS) is 12.6. The van der Waals surface area contributed by atoms with E-state index >= 15 is 0 Å². The number of benzene rings is 1. The number of hydrogen-bond donors (Lipinski definition) is 1. The van der Waals surface area contributed by atoms with Gasteiger partial charge in [-0.15, -0.1) is 6.58 Å². The number of nitrogens with two attached hydrogens (primary N) is 1. The molecule has 0 aliphatic carbocycles. The molecule has 1 nitrogen and oxygen atoms in total. The molecule has 0 heterocycles. The van der Waals surface area contributed by atoms with Crippen molar-refractivity contribution >= 4 is 0 Å². The highest BCUT2D eigenvalue weighted by Gasteiger charge is 2.28. The average molecular weight is 251 g/mol. The van der Waals surface area contributed by atoms with Crippen LogP contribution in [0.3, 0.4) is 0 Å². The van der Waals surface area contributed by atoms with Gasteiger partial charge in [-0.05, 0) is 13.3 Å². The summed E-state index contributed by atoms with van der Waals surface area (Å²) in [4.78, 5) is 0. The van der Waals surface area contributed by atoms with Crippen LogP contribution in [0.15, 0.2) is 12.2 Å². The molecule has 94 valence electrons. The predicted molar refractivity (Wildman–Crippen MR) is 52.6 cm³/mol. The van der Waals surface area contributed by atoms with E-state index in [1.807, 2.05) is 0 Å². The van der Waals surface area contributed by atoms with Gasteiger partial charge < -0.3 is 5.73 Å². The van der Waals surface area contributed by atoms with Crippen LogP contribution >= 0.6 is 0 Å². The summed E-state index contributed by atoms with van der Waals surface area (Å²) >= 11 is 0. The van der Waals surface area contributed by atoms with E-state index < -0.39 is 40.7 Å². The van der Waals surface area contributed by atoms with E-state index in [0.717, 1.165) is 0 Å². The van der Waals surface area contributed by atoms with Gasteiger partial charge in [0.05, 0.1) is 0 Å². The molecule has 0 bridgehead atoms. The largest absolute Gasteiger partial charge is 0.323 e. The molecule has 1 aromatic carbocycles. The molecule has 0 aromatic heterocycles. The molecule has 0 unspecified atom stereocenters. The van der Waals surface area contributed by atoms with Crippen molar-refractivity contribution in [2.75, 3.05) is 0 Å². The molecule has 0 amide bonds. The summed E-state index contributed by atoms with van der Waals surface area (Å²) in [6.45, 7) is 4.99. The lowest BCUT2D eigenvalue weighted by Gasteiger charge is -2.15. The molecule has 17 heavy (non-hydrogen) atoms. The van der Waals surface area contributed by atoms with Gasteiger partial charge in [0.15, 0.2) is 23.3 Å². The van der Waals surface area contributed by atoms with Crippen LogP contribution in [-0.4, -0.2) is 0 Å². The minimum absolute atomic E-state index is 0.0711. The van der Waals surface area contributed by atoms with Crippen molar-refractivity contribution in [3.05, 3.63) is 46.8 Å². The Bertz CT molecular complexity index is 440. The van der Waals surface area contributed by atoms with Crippen molar-refractivity contribution in [3.8, 4) is 0 Å². The van der Waals surface area contributed by atoms with E-state index in [1.54, 1.807) is 0 Å². The van der Waals surface area contributed by atoms with Crippen LogP contribution in [-0.2, 0) is 0 Å². The van der Waals surface area contributed by atoms with E-state index in [2.05, 4.69) is 6.58 Å². The fourth-order valence-corrected chi connectivity index (χ4v) is 1.42. The molecule has 0 saturated carbocycles. The van der Waals surface area contributed by atoms with Crippen molar-refractivity contribution in [1.29, 1.82) is 0 Å². The van der Waals surface area contributed by atoms with Gasteiger partial charge in [-0.2, -0.15) is 0 Å². The molecule has 0 spiro atoms. The number of halogens is 5. The van der Waals surface area contributed by atoms with Crippen LogP contribution < -0.4 is 5.73 Å². The van der Waals surface area contributed by atoms with Crippen molar-refractivity contribution in [3.63, 3.8) is 0 Å². The molecule has 0 saturated heterocycles. The third kappa shape index (κ3) is 2.46. The Kier molecular flexibility index (Phi) is 3.87. The van der Waals surface area contributed by atoms with Crippen LogP contribution in [0.25, 0.3) is 0 Å². The second kappa shape index (κ2) is 4.83. The summed E-state index contributed by atoms with van der Waals surface area (Å²) in [6.07, 6.45) is -0.0711. The zero-order valence-corrected chi connectivity index (χ0v) is 8.96. The van der Waals surface area contributed by atoms with Crippen molar-refractivity contribution in [2.45, 2.75) is 19.4 Å². The summed E-state index contributed by atoms with van der Waals surface area (Å²) in [5.74, 6) is -9.95. The van der Waals surface area contributed by atoms with E-state index in [1.165, 1.54) is 6.92 Å². The smallest absolute Gasteiger partial charge is 0.200 e. The summed E-state index contributed by atoms with van der Waals surface area (Å²) in [5, 5.41) is 0. The van der Waals surface area contributed by atoms with Crippen molar-refractivity contribution in [1.82, 2.24) is 0 Å². The first kappa shape index (κ1) is 13.6. The zero-order chi connectivity index (χ0) is 13.3. The quantitative estimate of drug-likeness (QED) is 0.379. The monoisotopic (exact) mass is 251 g/mol. The molecule has 0 fully saturated rings. The number of rotatable bonds is 3. The number of hydrogen-bond acceptors (Lipinski definition) is 1. The molecular weight excluding hydrogens is 241 g/mol. The maximum Gasteiger partial charge on any atom is 0.200 e. The third-order valence-corrected chi connectivity index (χ3v) is 2.18. The predicted octanol–water partition coefficient (Wildman–Crippen LogP) is 3.35. The van der Waals surface area contributed by atoms with E-state index in [9.17, 15) is 22.0 Å². The van der Waals surface area contributed by atoms with Gasteiger partial charge in [0, 0.05) is 11.6 Å². The Labute approximate surface area is 94.7 Å². The molecule has 1 atom stereocenters. The highest BCUT2D eigenvalue weighted by Crippen LogP contribution is 2.29. The van der Waals surface area contributed by atoms with Gasteiger partial charge in [0.25, 0.3) is 0 Å². The zero-order valence-electron chi connectivity index (χ0n) is 8.96. The van der Waals surface area contributed by atoms with E-state index in [4.69, 9.17) is 5.73 Å². The van der Waals surface area contributed by atoms with Crippen LogP contribution in [0.2, 0.25) is 0 Å². The Balaban J connectivity index is 3.38. The Morgan fingerprint density at radius 1 is 1.00 bits per heavy atom. The molecule has 1 rings (SSSR count). The SMILES string of the molecule is C=C(C)C[C@@H](N)c1c(F)c(F)c(F)c(F)c1F. The average Bonchev–Trinajstić information content (AvgIpc) is 2.23. The van der Waals surface area contributed by atoms with Gasteiger partial charge in [0.2, 0.25) is 5.82 Å². The van der Waals surface area contributed by atoms with Gasteiger partial charge in [-0.1, -0.05) is 5.57 Å². The van der Waals surface area contributed by atoms with Crippen LogP contribution in [0.4, 0.5) is 22.0 Å². The summed E-state index contributed by atoms with van der Waals surface area (Å²) in [7, 11) is 0. The minimum Gasteiger partial charge on any atom is -0.323 e. The highest BCUT2D eigenvalue weighted by atomic mass is 19.2. The van der Waals surface area contributed by atoms with Crippen molar-refractivity contribution in [2.24, 2.45) is 5.73 Å². The lowest BCUT2D eigenvalue weighted by molar-refractivity contribution is 0.363. The third-order valence-electron chi connectivity index (χ3n) is 2.18. The summed E-state index contributed by atoms with van der Waals surface area (Å²) in [5.41, 5.74) is 4.85. The molecule has 1 aromatic rings. The van der Waals surface area contributed by atoms with Gasteiger partial charge in [0.1, 0.15) is 0 Å². The summed E-state index contributed by atoms with van der Waals surface area (Å²) in [6, 6.07) is -1.32. The molecule has 6 heteroatoms. The molecule has 0 radical (unpaired) electrons. The second-order valence-corrected chi connectivity index (χ2v) is 3.75. The van der Waals surface area contributed by atoms with E-state index in [0.29, 0.717) is 5.57 Å². The fraction of sp³-hybridized carbons (Fsp3) is 0.273. The summed E-state index contributed by atoms with van der Waals surface area (Å²) < 4.78 is 65.0. The Hall–Kier alpha value is -1.43. The Morgan fingerprint density at radius 3 is 1.71 bits per heavy atom. The van der Waals surface area contributed by atoms with Crippen LogP contribution in [0.5, 0.6) is 0 Å². The minimum atomic E-state index is -2.19. The van der Waals surface area contributed by atoms with Gasteiger partial charge >= 0.3 is 0 Å². The highest BCUT2D eigenvalue weighted by molar-refractivity contribution is 5.27. The topological polar surface area (TPSA) is 26.0 Å². The van der Waals surface area contributed by atoms with Crippen molar-refractivity contribution < 1.29 is 22.0 Å². The fourth-order valence-electron chi connectivity index (χ4n) is 1.42. The van der Waals surface area contributed by atoms with Crippen LogP contribution in [0.1, 0.15) is 24.9 Å². The van der Waals surface area contributed by atoms with E-state index in [-0.39, 0.29) is 6.42 Å². The lowest BCUT2D eigenvalue weighted by atomic mass is 9.99. The van der Waals surface area contributed by atoms with Gasteiger partial charge in [-0.25, -0.2) is 22.0 Å². The first-order valence-electron chi connectivity index (χ1n) is 4.68. The lowest BCUT2D eigenvalue weighted by Crippen LogP contribution is -2.18. The molecular formula is C11H10F5N. The molecule has 0 aliphatic heterocycles. The first-order chi connectivity index (χ1) is 7.77.